The number of aliphatic hydroxyl groups excluding tert-OH is 1. The van der Waals surface area contributed by atoms with Gasteiger partial charge in [0.15, 0.2) is 0 Å². The number of nitrogens with zero attached hydrogens (tertiary/aromatic N) is 1. The van der Waals surface area contributed by atoms with Crippen molar-refractivity contribution < 1.29 is 13.5 Å². The van der Waals surface area contributed by atoms with Gasteiger partial charge < -0.3 is 10.4 Å². The van der Waals surface area contributed by atoms with Gasteiger partial charge in [-0.25, -0.2) is 12.7 Å². The van der Waals surface area contributed by atoms with E-state index in [1.54, 1.807) is 24.3 Å². The molecule has 130 valence electrons. The van der Waals surface area contributed by atoms with Crippen LogP contribution in [0.2, 0.25) is 0 Å². The number of aliphatic hydroxyl groups is 1. The molecule has 0 aliphatic carbocycles. The topological polar surface area (TPSA) is 69.6 Å². The highest BCUT2D eigenvalue weighted by molar-refractivity contribution is 7.89. The minimum Gasteiger partial charge on any atom is -0.394 e. The molecular formula is C18H24N2O3S. The Morgan fingerprint density at radius 1 is 1.00 bits per heavy atom. The summed E-state index contributed by atoms with van der Waals surface area (Å²) >= 11 is 0. The summed E-state index contributed by atoms with van der Waals surface area (Å²) in [5, 5.41) is 13.0. The third kappa shape index (κ3) is 4.21. The van der Waals surface area contributed by atoms with Crippen LogP contribution in [0.5, 0.6) is 0 Å². The van der Waals surface area contributed by atoms with Gasteiger partial charge in [-0.15, -0.1) is 0 Å². The van der Waals surface area contributed by atoms with Crippen molar-refractivity contribution in [3.8, 4) is 0 Å². The second-order valence-corrected chi connectivity index (χ2v) is 8.04. The van der Waals surface area contributed by atoms with Gasteiger partial charge in [-0.1, -0.05) is 42.5 Å². The maximum absolute atomic E-state index is 12.1. The first-order valence-electron chi connectivity index (χ1n) is 7.80. The van der Waals surface area contributed by atoms with Crippen LogP contribution in [-0.4, -0.2) is 38.5 Å². The van der Waals surface area contributed by atoms with Crippen LogP contribution in [0, 0.1) is 0 Å². The summed E-state index contributed by atoms with van der Waals surface area (Å²) in [7, 11) is -0.391. The number of hydrogen-bond acceptors (Lipinski definition) is 4. The lowest BCUT2D eigenvalue weighted by molar-refractivity contribution is 0.235. The standard InChI is InChI=1S/C18H24N2O3S/c1-14(19-18(13-21)16-7-5-4-6-8-16)15-9-11-17(12-10-15)24(22,23)20(2)3/h4-12,14,18-19,21H,13H2,1-3H3/t14?,18-/m1/s1. The number of nitrogens with one attached hydrogen (secondary N) is 1. The van der Waals surface area contributed by atoms with Crippen molar-refractivity contribution >= 4 is 10.0 Å². The summed E-state index contributed by atoms with van der Waals surface area (Å²) in [6.07, 6.45) is 0. The quantitative estimate of drug-likeness (QED) is 0.806. The molecule has 5 nitrogen and oxygen atoms in total. The molecule has 0 spiro atoms. The summed E-state index contributed by atoms with van der Waals surface area (Å²) in [5.74, 6) is 0. The monoisotopic (exact) mass is 348 g/mol. The molecule has 0 aromatic heterocycles. The van der Waals surface area contributed by atoms with Gasteiger partial charge in [0.2, 0.25) is 10.0 Å². The molecule has 2 aromatic rings. The summed E-state index contributed by atoms with van der Waals surface area (Å²) in [6.45, 7) is 1.97. The molecule has 1 unspecified atom stereocenters. The second-order valence-electron chi connectivity index (χ2n) is 5.89. The zero-order chi connectivity index (χ0) is 17.7. The first kappa shape index (κ1) is 18.6. The highest BCUT2D eigenvalue weighted by Crippen LogP contribution is 2.21. The van der Waals surface area contributed by atoms with Crippen LogP contribution < -0.4 is 5.32 Å². The van der Waals surface area contributed by atoms with E-state index in [1.807, 2.05) is 37.3 Å². The Kier molecular flexibility index (Phi) is 6.12. The van der Waals surface area contributed by atoms with Gasteiger partial charge in [0.05, 0.1) is 17.5 Å². The number of sulfonamides is 1. The molecule has 0 bridgehead atoms. The van der Waals surface area contributed by atoms with E-state index in [-0.39, 0.29) is 23.6 Å². The number of rotatable bonds is 7. The smallest absolute Gasteiger partial charge is 0.242 e. The Bertz CT molecular complexity index is 744. The zero-order valence-electron chi connectivity index (χ0n) is 14.2. The van der Waals surface area contributed by atoms with E-state index in [4.69, 9.17) is 0 Å². The molecule has 0 heterocycles. The Morgan fingerprint density at radius 3 is 2.08 bits per heavy atom. The molecular weight excluding hydrogens is 324 g/mol. The van der Waals surface area contributed by atoms with Crippen molar-refractivity contribution in [3.63, 3.8) is 0 Å². The molecule has 0 aliphatic heterocycles. The van der Waals surface area contributed by atoms with Gasteiger partial charge in [0.25, 0.3) is 0 Å². The van der Waals surface area contributed by atoms with E-state index < -0.39 is 10.0 Å². The number of hydrogen-bond donors (Lipinski definition) is 2. The Hall–Kier alpha value is -1.73. The van der Waals surface area contributed by atoms with E-state index in [0.29, 0.717) is 0 Å². The fourth-order valence-corrected chi connectivity index (χ4v) is 3.38. The minimum atomic E-state index is -3.42. The van der Waals surface area contributed by atoms with E-state index in [1.165, 1.54) is 18.4 Å². The van der Waals surface area contributed by atoms with Gasteiger partial charge >= 0.3 is 0 Å². The van der Waals surface area contributed by atoms with Gasteiger partial charge in [0, 0.05) is 20.1 Å². The van der Waals surface area contributed by atoms with Crippen LogP contribution in [0.15, 0.2) is 59.5 Å². The van der Waals surface area contributed by atoms with Gasteiger partial charge in [-0.2, -0.15) is 0 Å². The lowest BCUT2D eigenvalue weighted by atomic mass is 10.0. The molecule has 0 aliphatic rings. The molecule has 6 heteroatoms. The molecule has 2 rings (SSSR count). The fraction of sp³-hybridized carbons (Fsp3) is 0.333. The minimum absolute atomic E-state index is 0.0125. The predicted octanol–water partition coefficient (Wildman–Crippen LogP) is 2.32. The highest BCUT2D eigenvalue weighted by Gasteiger charge is 2.18. The zero-order valence-corrected chi connectivity index (χ0v) is 15.0. The van der Waals surface area contributed by atoms with E-state index in [2.05, 4.69) is 5.32 Å². The van der Waals surface area contributed by atoms with E-state index in [9.17, 15) is 13.5 Å². The second kappa shape index (κ2) is 7.90. The van der Waals surface area contributed by atoms with Crippen LogP contribution in [0.3, 0.4) is 0 Å². The predicted molar refractivity (Wildman–Crippen MR) is 95.1 cm³/mol. The summed E-state index contributed by atoms with van der Waals surface area (Å²) in [6, 6.07) is 16.4. The summed E-state index contributed by atoms with van der Waals surface area (Å²) in [4.78, 5) is 0.269. The van der Waals surface area contributed by atoms with Crippen LogP contribution in [0.25, 0.3) is 0 Å². The van der Waals surface area contributed by atoms with Crippen molar-refractivity contribution in [2.75, 3.05) is 20.7 Å². The fourth-order valence-electron chi connectivity index (χ4n) is 2.48. The summed E-state index contributed by atoms with van der Waals surface area (Å²) in [5.41, 5.74) is 1.97. The average molecular weight is 348 g/mol. The number of benzene rings is 2. The highest BCUT2D eigenvalue weighted by atomic mass is 32.2. The van der Waals surface area contributed by atoms with Crippen LogP contribution in [0.1, 0.15) is 30.1 Å². The maximum Gasteiger partial charge on any atom is 0.242 e. The molecule has 0 saturated heterocycles. The molecule has 24 heavy (non-hydrogen) atoms. The van der Waals surface area contributed by atoms with E-state index >= 15 is 0 Å². The molecule has 0 fully saturated rings. The molecule has 0 amide bonds. The average Bonchev–Trinajstić information content (AvgIpc) is 2.60. The van der Waals surface area contributed by atoms with Crippen LogP contribution in [-0.2, 0) is 10.0 Å². The van der Waals surface area contributed by atoms with Crippen molar-refractivity contribution in [1.29, 1.82) is 0 Å². The first-order valence-corrected chi connectivity index (χ1v) is 9.24. The van der Waals surface area contributed by atoms with Crippen LogP contribution in [0.4, 0.5) is 0 Å². The lowest BCUT2D eigenvalue weighted by Crippen LogP contribution is -2.27. The van der Waals surface area contributed by atoms with Crippen molar-refractivity contribution in [2.24, 2.45) is 0 Å². The van der Waals surface area contributed by atoms with Gasteiger partial charge in [-0.3, -0.25) is 0 Å². The molecule has 0 radical (unpaired) electrons. The van der Waals surface area contributed by atoms with Crippen molar-refractivity contribution in [2.45, 2.75) is 23.9 Å². The summed E-state index contributed by atoms with van der Waals surface area (Å²) < 4.78 is 25.4. The third-order valence-electron chi connectivity index (χ3n) is 3.99. The molecule has 0 saturated carbocycles. The first-order chi connectivity index (χ1) is 11.4. The lowest BCUT2D eigenvalue weighted by Gasteiger charge is -2.23. The Balaban J connectivity index is 2.14. The van der Waals surface area contributed by atoms with Crippen molar-refractivity contribution in [1.82, 2.24) is 9.62 Å². The van der Waals surface area contributed by atoms with Crippen LogP contribution >= 0.6 is 0 Å². The third-order valence-corrected chi connectivity index (χ3v) is 5.82. The molecule has 2 atom stereocenters. The SMILES string of the molecule is CC(N[C@H](CO)c1ccccc1)c1ccc(S(=O)(=O)N(C)C)cc1. The largest absolute Gasteiger partial charge is 0.394 e. The molecule has 2 N–H and O–H groups in total. The normalized spacial score (nSPS) is 14.5. The maximum atomic E-state index is 12.1. The van der Waals surface area contributed by atoms with E-state index in [0.717, 1.165) is 11.1 Å². The van der Waals surface area contributed by atoms with Gasteiger partial charge in [-0.05, 0) is 30.2 Å². The molecule has 2 aromatic carbocycles. The Morgan fingerprint density at radius 2 is 1.58 bits per heavy atom. The van der Waals surface area contributed by atoms with Crippen molar-refractivity contribution in [3.05, 3.63) is 65.7 Å². The Labute approximate surface area is 144 Å². The van der Waals surface area contributed by atoms with Gasteiger partial charge in [0.1, 0.15) is 0 Å².